The zero-order valence-corrected chi connectivity index (χ0v) is 18.7. The summed E-state index contributed by atoms with van der Waals surface area (Å²) in [5.41, 5.74) is 1.57. The molecule has 3 rings (SSSR count). The lowest BCUT2D eigenvalue weighted by Crippen LogP contribution is -2.34. The summed E-state index contributed by atoms with van der Waals surface area (Å²) >= 11 is 0.742. The summed E-state index contributed by atoms with van der Waals surface area (Å²) in [7, 11) is 1.47. The topological polar surface area (TPSA) is 119 Å². The molecule has 10 heteroatoms. The Bertz CT molecular complexity index is 1110. The van der Waals surface area contributed by atoms with Gasteiger partial charge in [0, 0.05) is 0 Å². The van der Waals surface area contributed by atoms with Gasteiger partial charge < -0.3 is 19.3 Å². The first-order valence-electron chi connectivity index (χ1n) is 9.86. The number of aromatic carboxylic acids is 1. The molecule has 1 fully saturated rings. The molecule has 172 valence electrons. The largest absolute Gasteiger partial charge is 0.493 e. The number of nitrogens with zero attached hydrogens (tertiary/aromatic N) is 1. The lowest BCUT2D eigenvalue weighted by atomic mass is 10.1. The molecule has 0 aliphatic carbocycles. The number of carboxylic acids is 1. The third kappa shape index (κ3) is 5.92. The maximum atomic E-state index is 12.5. The quantitative estimate of drug-likeness (QED) is 0.432. The van der Waals surface area contributed by atoms with Crippen molar-refractivity contribution in [2.24, 2.45) is 0 Å². The lowest BCUT2D eigenvalue weighted by molar-refractivity contribution is -0.145. The van der Waals surface area contributed by atoms with Gasteiger partial charge in [0.25, 0.3) is 11.1 Å². The van der Waals surface area contributed by atoms with Crippen molar-refractivity contribution in [3.63, 3.8) is 0 Å². The SMILES string of the molecule is CCOC(=O)CN1C(=O)S/C(=C/c2ccc(OCc3ccc(C(=O)O)cc3)c(OC)c2)C1=O. The van der Waals surface area contributed by atoms with Crippen molar-refractivity contribution in [1.29, 1.82) is 0 Å². The monoisotopic (exact) mass is 471 g/mol. The van der Waals surface area contributed by atoms with Crippen LogP contribution in [0.3, 0.4) is 0 Å². The van der Waals surface area contributed by atoms with Crippen molar-refractivity contribution in [3.05, 3.63) is 64.1 Å². The number of carbonyl (C=O) groups excluding carboxylic acids is 3. The molecule has 1 aliphatic heterocycles. The number of amides is 2. The van der Waals surface area contributed by atoms with Gasteiger partial charge in [-0.2, -0.15) is 0 Å². The summed E-state index contributed by atoms with van der Waals surface area (Å²) in [6, 6.07) is 11.3. The number of ether oxygens (including phenoxy) is 3. The Balaban J connectivity index is 1.70. The predicted octanol–water partition coefficient (Wildman–Crippen LogP) is 3.57. The summed E-state index contributed by atoms with van der Waals surface area (Å²) in [6.07, 6.45) is 1.53. The van der Waals surface area contributed by atoms with E-state index < -0.39 is 29.6 Å². The number of carbonyl (C=O) groups is 4. The Morgan fingerprint density at radius 2 is 1.82 bits per heavy atom. The van der Waals surface area contributed by atoms with E-state index >= 15 is 0 Å². The Morgan fingerprint density at radius 3 is 2.45 bits per heavy atom. The summed E-state index contributed by atoms with van der Waals surface area (Å²) in [5, 5.41) is 8.43. The van der Waals surface area contributed by atoms with E-state index in [0.717, 1.165) is 22.2 Å². The minimum Gasteiger partial charge on any atom is -0.493 e. The summed E-state index contributed by atoms with van der Waals surface area (Å²) in [5.74, 6) is -1.36. The van der Waals surface area contributed by atoms with Gasteiger partial charge in [-0.1, -0.05) is 18.2 Å². The highest BCUT2D eigenvalue weighted by atomic mass is 32.2. The van der Waals surface area contributed by atoms with Crippen molar-refractivity contribution in [2.45, 2.75) is 13.5 Å². The van der Waals surface area contributed by atoms with Gasteiger partial charge >= 0.3 is 11.9 Å². The normalized spacial score (nSPS) is 14.5. The van der Waals surface area contributed by atoms with E-state index in [1.807, 2.05) is 0 Å². The van der Waals surface area contributed by atoms with E-state index in [1.54, 1.807) is 37.3 Å². The summed E-state index contributed by atoms with van der Waals surface area (Å²) < 4.78 is 16.0. The number of methoxy groups -OCH3 is 1. The van der Waals surface area contributed by atoms with Gasteiger partial charge in [0.15, 0.2) is 11.5 Å². The van der Waals surface area contributed by atoms with E-state index in [9.17, 15) is 19.2 Å². The average molecular weight is 471 g/mol. The maximum absolute atomic E-state index is 12.5. The summed E-state index contributed by atoms with van der Waals surface area (Å²) in [6.45, 7) is 1.57. The highest BCUT2D eigenvalue weighted by Gasteiger charge is 2.36. The molecule has 1 saturated heterocycles. The molecule has 1 N–H and O–H groups in total. The van der Waals surface area contributed by atoms with Crippen LogP contribution in [0.4, 0.5) is 4.79 Å². The minimum absolute atomic E-state index is 0.159. The second-order valence-corrected chi connectivity index (χ2v) is 7.77. The molecule has 0 bridgehead atoms. The Labute approximate surface area is 193 Å². The smallest absolute Gasteiger partial charge is 0.335 e. The molecule has 0 atom stereocenters. The first-order chi connectivity index (χ1) is 15.8. The standard InChI is InChI=1S/C23H21NO8S/c1-3-31-20(25)12-24-21(26)19(33-23(24)29)11-15-6-9-17(18(10-15)30-2)32-13-14-4-7-16(8-5-14)22(27)28/h4-11H,3,12-13H2,1-2H3,(H,27,28)/b19-11+. The van der Waals surface area contributed by atoms with E-state index in [0.29, 0.717) is 17.1 Å². The van der Waals surface area contributed by atoms with E-state index in [4.69, 9.17) is 19.3 Å². The van der Waals surface area contributed by atoms with Crippen molar-refractivity contribution >= 4 is 40.9 Å². The fraction of sp³-hybridized carbons (Fsp3) is 0.217. The summed E-state index contributed by atoms with van der Waals surface area (Å²) in [4.78, 5) is 48.2. The van der Waals surface area contributed by atoms with Crippen LogP contribution in [0, 0.1) is 0 Å². The highest BCUT2D eigenvalue weighted by molar-refractivity contribution is 8.18. The predicted molar refractivity (Wildman–Crippen MR) is 120 cm³/mol. The molecular formula is C23H21NO8S. The van der Waals surface area contributed by atoms with Crippen LogP contribution in [0.5, 0.6) is 11.5 Å². The molecular weight excluding hydrogens is 450 g/mol. The second kappa shape index (κ2) is 10.7. The number of imide groups is 1. The molecule has 0 unspecified atom stereocenters. The third-order valence-corrected chi connectivity index (χ3v) is 5.45. The first-order valence-corrected chi connectivity index (χ1v) is 10.7. The van der Waals surface area contributed by atoms with Crippen molar-refractivity contribution in [3.8, 4) is 11.5 Å². The fourth-order valence-corrected chi connectivity index (χ4v) is 3.76. The van der Waals surface area contributed by atoms with E-state index in [2.05, 4.69) is 0 Å². The first kappa shape index (κ1) is 23.9. The van der Waals surface area contributed by atoms with Gasteiger partial charge in [0.2, 0.25) is 0 Å². The second-order valence-electron chi connectivity index (χ2n) is 6.77. The molecule has 0 aromatic heterocycles. The molecule has 33 heavy (non-hydrogen) atoms. The average Bonchev–Trinajstić information content (AvgIpc) is 3.05. The molecule has 0 radical (unpaired) electrons. The Morgan fingerprint density at radius 1 is 1.09 bits per heavy atom. The van der Waals surface area contributed by atoms with Crippen LogP contribution in [-0.4, -0.2) is 53.4 Å². The molecule has 0 saturated carbocycles. The van der Waals surface area contributed by atoms with Gasteiger partial charge in [-0.3, -0.25) is 19.3 Å². The molecule has 1 heterocycles. The number of carboxylic acid groups (broad SMARTS) is 1. The van der Waals surface area contributed by atoms with Crippen LogP contribution < -0.4 is 9.47 Å². The van der Waals surface area contributed by atoms with Gasteiger partial charge in [0.05, 0.1) is 24.2 Å². The number of esters is 1. The van der Waals surface area contributed by atoms with Gasteiger partial charge in [-0.25, -0.2) is 4.79 Å². The zero-order chi connectivity index (χ0) is 24.0. The van der Waals surface area contributed by atoms with Crippen molar-refractivity contribution < 1.29 is 38.5 Å². The van der Waals surface area contributed by atoms with Crippen LogP contribution in [0.15, 0.2) is 47.4 Å². The fourth-order valence-electron chi connectivity index (χ4n) is 2.92. The molecule has 0 spiro atoms. The van der Waals surface area contributed by atoms with Crippen molar-refractivity contribution in [2.75, 3.05) is 20.3 Å². The van der Waals surface area contributed by atoms with Gasteiger partial charge in [-0.15, -0.1) is 0 Å². The van der Waals surface area contributed by atoms with Crippen LogP contribution >= 0.6 is 11.8 Å². The maximum Gasteiger partial charge on any atom is 0.335 e. The van der Waals surface area contributed by atoms with Crippen LogP contribution in [0.1, 0.15) is 28.4 Å². The van der Waals surface area contributed by atoms with E-state index in [-0.39, 0.29) is 23.7 Å². The molecule has 2 aromatic carbocycles. The molecule has 2 amide bonds. The molecule has 9 nitrogen and oxygen atoms in total. The number of hydrogen-bond donors (Lipinski definition) is 1. The van der Waals surface area contributed by atoms with Crippen LogP contribution in [0.2, 0.25) is 0 Å². The Kier molecular flexibility index (Phi) is 7.73. The molecule has 2 aromatic rings. The Hall–Kier alpha value is -3.79. The number of rotatable bonds is 9. The van der Waals surface area contributed by atoms with Crippen LogP contribution in [-0.2, 0) is 20.9 Å². The minimum atomic E-state index is -1.00. The molecule has 1 aliphatic rings. The van der Waals surface area contributed by atoms with E-state index in [1.165, 1.54) is 25.3 Å². The lowest BCUT2D eigenvalue weighted by Gasteiger charge is -2.12. The van der Waals surface area contributed by atoms with Gasteiger partial charge in [-0.05, 0) is 60.2 Å². The van der Waals surface area contributed by atoms with Crippen LogP contribution in [0.25, 0.3) is 6.08 Å². The number of hydrogen-bond acceptors (Lipinski definition) is 8. The number of benzene rings is 2. The highest BCUT2D eigenvalue weighted by Crippen LogP contribution is 2.34. The van der Waals surface area contributed by atoms with Gasteiger partial charge in [0.1, 0.15) is 13.2 Å². The third-order valence-electron chi connectivity index (χ3n) is 4.55. The number of thioether (sulfide) groups is 1. The van der Waals surface area contributed by atoms with Crippen molar-refractivity contribution in [1.82, 2.24) is 4.90 Å². The zero-order valence-electron chi connectivity index (χ0n) is 17.9.